The molecule has 0 bridgehead atoms. The molecule has 0 aliphatic rings. The first-order valence-electron chi connectivity index (χ1n) is 9.50. The van der Waals surface area contributed by atoms with Crippen molar-refractivity contribution >= 4 is 22.6 Å². The van der Waals surface area contributed by atoms with Gasteiger partial charge in [-0.3, -0.25) is 0 Å². The lowest BCUT2D eigenvalue weighted by Gasteiger charge is -2.14. The van der Waals surface area contributed by atoms with Gasteiger partial charge >= 0.3 is 6.18 Å². The average Bonchev–Trinajstić information content (AvgIpc) is 2.78. The monoisotopic (exact) mass is 530 g/mol. The summed E-state index contributed by atoms with van der Waals surface area (Å²) in [5, 5.41) is 0. The Hall–Kier alpha value is -2.74. The van der Waals surface area contributed by atoms with Crippen LogP contribution < -0.4 is 0 Å². The summed E-state index contributed by atoms with van der Waals surface area (Å²) in [4.78, 5) is 0. The number of hydrogen-bond acceptors (Lipinski definition) is 1. The van der Waals surface area contributed by atoms with Crippen LogP contribution in [0.5, 0.6) is 0 Å². The van der Waals surface area contributed by atoms with Crippen LogP contribution in [0.3, 0.4) is 0 Å². The third-order valence-corrected chi connectivity index (χ3v) is 4.72. The minimum absolute atomic E-state index is 0.490. The van der Waals surface area contributed by atoms with Gasteiger partial charge in [0.1, 0.15) is 6.10 Å². The van der Waals surface area contributed by atoms with E-state index in [4.69, 9.17) is 4.74 Å². The van der Waals surface area contributed by atoms with Gasteiger partial charge in [-0.05, 0) is 42.5 Å². The van der Waals surface area contributed by atoms with Gasteiger partial charge in [-0.2, -0.15) is 13.2 Å². The molecule has 0 aliphatic heterocycles. The van der Waals surface area contributed by atoms with E-state index >= 15 is 0 Å². The molecular formula is C26H18F3IO. The SMILES string of the molecule is FC(F)(F)c1ccc(C#CC(OCCI)c2ccccc2C#Cc2ccccc2)cc1. The lowest BCUT2D eigenvalue weighted by molar-refractivity contribution is -0.137. The number of benzene rings is 3. The van der Waals surface area contributed by atoms with Crippen molar-refractivity contribution in [3.05, 3.63) is 107 Å². The molecule has 0 heterocycles. The molecule has 0 saturated heterocycles. The smallest absolute Gasteiger partial charge is 0.360 e. The molecule has 0 saturated carbocycles. The molecule has 31 heavy (non-hydrogen) atoms. The summed E-state index contributed by atoms with van der Waals surface area (Å²) in [6.45, 7) is 0.493. The van der Waals surface area contributed by atoms with E-state index in [1.54, 1.807) is 0 Å². The summed E-state index contributed by atoms with van der Waals surface area (Å²) in [6, 6.07) is 22.1. The van der Waals surface area contributed by atoms with Gasteiger partial charge in [0.05, 0.1) is 12.2 Å². The molecular weight excluding hydrogens is 512 g/mol. The van der Waals surface area contributed by atoms with Crippen LogP contribution in [0.25, 0.3) is 0 Å². The highest BCUT2D eigenvalue weighted by Crippen LogP contribution is 2.29. The fraction of sp³-hybridized carbons (Fsp3) is 0.154. The Bertz CT molecular complexity index is 1110. The van der Waals surface area contributed by atoms with Crippen molar-refractivity contribution in [2.45, 2.75) is 12.3 Å². The minimum Gasteiger partial charge on any atom is -0.360 e. The Morgan fingerprint density at radius 1 is 0.774 bits per heavy atom. The molecule has 0 N–H and O–H groups in total. The van der Waals surface area contributed by atoms with Gasteiger partial charge in [0.15, 0.2) is 0 Å². The maximum absolute atomic E-state index is 12.8. The third kappa shape index (κ3) is 6.89. The van der Waals surface area contributed by atoms with E-state index in [2.05, 4.69) is 46.3 Å². The summed E-state index contributed by atoms with van der Waals surface area (Å²) in [7, 11) is 0. The van der Waals surface area contributed by atoms with Crippen LogP contribution >= 0.6 is 22.6 Å². The normalized spacial score (nSPS) is 11.6. The number of alkyl halides is 4. The first-order chi connectivity index (χ1) is 15.0. The van der Waals surface area contributed by atoms with Gasteiger partial charge in [-0.15, -0.1) is 0 Å². The van der Waals surface area contributed by atoms with Gasteiger partial charge in [-0.1, -0.05) is 82.7 Å². The van der Waals surface area contributed by atoms with Gasteiger partial charge < -0.3 is 4.74 Å². The lowest BCUT2D eigenvalue weighted by atomic mass is 10.0. The fourth-order valence-electron chi connectivity index (χ4n) is 2.76. The van der Waals surface area contributed by atoms with Crippen LogP contribution in [0.2, 0.25) is 0 Å². The Kier molecular flexibility index (Phi) is 8.17. The summed E-state index contributed by atoms with van der Waals surface area (Å²) in [6.07, 6.45) is -4.91. The minimum atomic E-state index is -4.37. The topological polar surface area (TPSA) is 9.23 Å². The summed E-state index contributed by atoms with van der Waals surface area (Å²) < 4.78 is 45.0. The molecule has 0 fully saturated rings. The number of ether oxygens (including phenoxy) is 1. The predicted octanol–water partition coefficient (Wildman–Crippen LogP) is 6.65. The van der Waals surface area contributed by atoms with Gasteiger partial charge in [0, 0.05) is 26.7 Å². The predicted molar refractivity (Wildman–Crippen MR) is 125 cm³/mol. The van der Waals surface area contributed by atoms with Gasteiger partial charge in [0.2, 0.25) is 0 Å². The zero-order valence-electron chi connectivity index (χ0n) is 16.4. The van der Waals surface area contributed by atoms with E-state index in [1.165, 1.54) is 12.1 Å². The maximum atomic E-state index is 12.8. The van der Waals surface area contributed by atoms with Crippen molar-refractivity contribution < 1.29 is 17.9 Å². The molecule has 0 spiro atoms. The Labute approximate surface area is 193 Å². The average molecular weight is 530 g/mol. The van der Waals surface area contributed by atoms with Crippen LogP contribution in [0, 0.1) is 23.7 Å². The molecule has 156 valence electrons. The number of hydrogen-bond donors (Lipinski definition) is 0. The zero-order chi connectivity index (χ0) is 22.1. The van der Waals surface area contributed by atoms with Crippen molar-refractivity contribution in [3.63, 3.8) is 0 Å². The van der Waals surface area contributed by atoms with Crippen LogP contribution in [0.15, 0.2) is 78.9 Å². The molecule has 0 radical (unpaired) electrons. The summed E-state index contributed by atoms with van der Waals surface area (Å²) in [5.74, 6) is 12.3. The fourth-order valence-corrected chi connectivity index (χ4v) is 3.02. The molecule has 0 aliphatic carbocycles. The second-order valence-electron chi connectivity index (χ2n) is 6.49. The van der Waals surface area contributed by atoms with E-state index < -0.39 is 17.8 Å². The largest absolute Gasteiger partial charge is 0.416 e. The quantitative estimate of drug-likeness (QED) is 0.209. The molecule has 5 heteroatoms. The van der Waals surface area contributed by atoms with Crippen LogP contribution in [-0.4, -0.2) is 11.0 Å². The van der Waals surface area contributed by atoms with Crippen molar-refractivity contribution in [1.82, 2.24) is 0 Å². The first-order valence-corrected chi connectivity index (χ1v) is 11.0. The van der Waals surface area contributed by atoms with Crippen LogP contribution in [0.1, 0.15) is 33.9 Å². The summed E-state index contributed by atoms with van der Waals surface area (Å²) in [5.41, 5.74) is 2.32. The summed E-state index contributed by atoms with van der Waals surface area (Å²) >= 11 is 2.22. The second kappa shape index (κ2) is 11.0. The second-order valence-corrected chi connectivity index (χ2v) is 7.57. The first kappa shape index (κ1) is 22.9. The number of halogens is 4. The van der Waals surface area contributed by atoms with Crippen molar-refractivity contribution in [2.24, 2.45) is 0 Å². The van der Waals surface area contributed by atoms with Crippen molar-refractivity contribution in [1.29, 1.82) is 0 Å². The Morgan fingerprint density at radius 3 is 2.10 bits per heavy atom. The van der Waals surface area contributed by atoms with Gasteiger partial charge in [0.25, 0.3) is 0 Å². The molecule has 3 aromatic carbocycles. The van der Waals surface area contributed by atoms with E-state index in [1.807, 2.05) is 54.6 Å². The van der Waals surface area contributed by atoms with Crippen LogP contribution in [0.4, 0.5) is 13.2 Å². The highest BCUT2D eigenvalue weighted by Gasteiger charge is 2.29. The molecule has 1 atom stereocenters. The Morgan fingerprint density at radius 2 is 1.42 bits per heavy atom. The van der Waals surface area contributed by atoms with Crippen LogP contribution in [-0.2, 0) is 10.9 Å². The molecule has 3 aromatic rings. The van der Waals surface area contributed by atoms with E-state index in [-0.39, 0.29) is 0 Å². The molecule has 1 nitrogen and oxygen atoms in total. The lowest BCUT2D eigenvalue weighted by Crippen LogP contribution is -2.06. The maximum Gasteiger partial charge on any atom is 0.416 e. The highest BCUT2D eigenvalue weighted by molar-refractivity contribution is 14.1. The molecule has 0 aromatic heterocycles. The third-order valence-electron chi connectivity index (χ3n) is 4.28. The molecule has 0 amide bonds. The van der Waals surface area contributed by atoms with Gasteiger partial charge in [-0.25, -0.2) is 0 Å². The van der Waals surface area contributed by atoms with E-state index in [9.17, 15) is 13.2 Å². The zero-order valence-corrected chi connectivity index (χ0v) is 18.6. The van der Waals surface area contributed by atoms with Crippen molar-refractivity contribution in [2.75, 3.05) is 11.0 Å². The highest BCUT2D eigenvalue weighted by atomic mass is 127. The molecule has 1 unspecified atom stereocenters. The van der Waals surface area contributed by atoms with E-state index in [0.717, 1.165) is 33.3 Å². The van der Waals surface area contributed by atoms with E-state index in [0.29, 0.717) is 12.2 Å². The molecule has 3 rings (SSSR count). The number of rotatable bonds is 4. The standard InChI is InChI=1S/C26H18F3IO/c27-26(28,29)23-15-11-21(12-16-23)13-17-25(31-19-18-30)24-9-5-4-8-22(24)14-10-20-6-2-1-3-7-20/h1-9,11-12,15-16,25H,18-19H2. The van der Waals surface area contributed by atoms with Crippen molar-refractivity contribution in [3.8, 4) is 23.7 Å². The Balaban J connectivity index is 1.91.